The number of carbonyl (C=O) groups is 1. The van der Waals surface area contributed by atoms with E-state index >= 15 is 0 Å². The lowest BCUT2D eigenvalue weighted by atomic mass is 10.1. The predicted molar refractivity (Wildman–Crippen MR) is 128 cm³/mol. The summed E-state index contributed by atoms with van der Waals surface area (Å²) in [6.45, 7) is 2.13. The number of pyridine rings is 1. The highest BCUT2D eigenvalue weighted by atomic mass is 79.9. The standard InChI is InChI=1S/C26H24BrN3O2/c27-22-13-20-3-1-11-28-25(20)21(14-22)16-30(17-24-4-2-12-32-24)15-18-5-7-19(8-6-18)26(31)29-23-9-10-23/h1-8,11-14,23H,9-10,15-17H2,(H,29,31). The zero-order chi connectivity index (χ0) is 21.9. The van der Waals surface area contributed by atoms with E-state index in [4.69, 9.17) is 4.42 Å². The Bertz CT molecular complexity index is 1220. The molecule has 1 aliphatic carbocycles. The molecule has 0 bridgehead atoms. The van der Waals surface area contributed by atoms with Gasteiger partial charge in [0.2, 0.25) is 0 Å². The number of amides is 1. The normalized spacial score (nSPS) is 13.6. The zero-order valence-corrected chi connectivity index (χ0v) is 19.2. The van der Waals surface area contributed by atoms with Crippen molar-refractivity contribution in [1.82, 2.24) is 15.2 Å². The molecule has 1 amide bonds. The van der Waals surface area contributed by atoms with Gasteiger partial charge in [0.1, 0.15) is 5.76 Å². The Hall–Kier alpha value is -2.96. The van der Waals surface area contributed by atoms with Crippen molar-refractivity contribution in [2.75, 3.05) is 0 Å². The van der Waals surface area contributed by atoms with Gasteiger partial charge in [-0.3, -0.25) is 14.7 Å². The number of hydrogen-bond acceptors (Lipinski definition) is 4. The summed E-state index contributed by atoms with van der Waals surface area (Å²) in [5.41, 5.74) is 4.02. The number of hydrogen-bond donors (Lipinski definition) is 1. The van der Waals surface area contributed by atoms with Gasteiger partial charge in [-0.25, -0.2) is 0 Å². The van der Waals surface area contributed by atoms with Crippen LogP contribution in [0.25, 0.3) is 10.9 Å². The molecule has 2 aromatic heterocycles. The third-order valence-corrected chi connectivity index (χ3v) is 6.09. The van der Waals surface area contributed by atoms with E-state index in [1.807, 2.05) is 48.7 Å². The fourth-order valence-corrected chi connectivity index (χ4v) is 4.42. The molecule has 0 unspecified atom stereocenters. The van der Waals surface area contributed by atoms with Crippen LogP contribution >= 0.6 is 15.9 Å². The van der Waals surface area contributed by atoms with Crippen LogP contribution in [0.2, 0.25) is 0 Å². The molecule has 1 saturated carbocycles. The molecule has 162 valence electrons. The van der Waals surface area contributed by atoms with Gasteiger partial charge < -0.3 is 9.73 Å². The highest BCUT2D eigenvalue weighted by molar-refractivity contribution is 9.10. The number of nitrogens with one attached hydrogen (secondary N) is 1. The molecule has 5 nitrogen and oxygen atoms in total. The maximum absolute atomic E-state index is 12.3. The van der Waals surface area contributed by atoms with Gasteiger partial charge in [-0.2, -0.15) is 0 Å². The van der Waals surface area contributed by atoms with Gasteiger partial charge in [0, 0.05) is 40.8 Å². The SMILES string of the molecule is O=C(NC1CC1)c1ccc(CN(Cc2ccco2)Cc2cc(Br)cc3cccnc23)cc1. The number of fused-ring (bicyclic) bond motifs is 1. The van der Waals surface area contributed by atoms with Gasteiger partial charge in [0.15, 0.2) is 0 Å². The van der Waals surface area contributed by atoms with E-state index in [-0.39, 0.29) is 5.91 Å². The predicted octanol–water partition coefficient (Wildman–Crippen LogP) is 5.68. The van der Waals surface area contributed by atoms with Crippen molar-refractivity contribution in [1.29, 1.82) is 0 Å². The van der Waals surface area contributed by atoms with Crippen LogP contribution in [0.5, 0.6) is 0 Å². The zero-order valence-electron chi connectivity index (χ0n) is 17.6. The maximum Gasteiger partial charge on any atom is 0.251 e. The molecule has 2 aromatic carbocycles. The number of furan rings is 1. The van der Waals surface area contributed by atoms with E-state index in [1.54, 1.807) is 6.26 Å². The van der Waals surface area contributed by atoms with Crippen LogP contribution in [0.3, 0.4) is 0 Å². The summed E-state index contributed by atoms with van der Waals surface area (Å²) in [4.78, 5) is 19.2. The van der Waals surface area contributed by atoms with Crippen LogP contribution in [0.1, 0.15) is 40.1 Å². The second-order valence-corrected chi connectivity index (χ2v) is 9.22. The van der Waals surface area contributed by atoms with Gasteiger partial charge in [-0.15, -0.1) is 0 Å². The first-order chi connectivity index (χ1) is 15.6. The quantitative estimate of drug-likeness (QED) is 0.345. The first-order valence-corrected chi connectivity index (χ1v) is 11.6. The van der Waals surface area contributed by atoms with Crippen LogP contribution in [0, 0.1) is 0 Å². The number of benzene rings is 2. The second-order valence-electron chi connectivity index (χ2n) is 8.31. The van der Waals surface area contributed by atoms with E-state index < -0.39 is 0 Å². The molecule has 0 aliphatic heterocycles. The van der Waals surface area contributed by atoms with Crippen LogP contribution < -0.4 is 5.32 Å². The number of nitrogens with zero attached hydrogens (tertiary/aromatic N) is 2. The molecule has 1 N–H and O–H groups in total. The molecule has 32 heavy (non-hydrogen) atoms. The molecule has 6 heteroatoms. The molecule has 1 fully saturated rings. The highest BCUT2D eigenvalue weighted by Crippen LogP contribution is 2.25. The Balaban J connectivity index is 1.37. The average molecular weight is 490 g/mol. The topological polar surface area (TPSA) is 58.4 Å². The first kappa shape index (κ1) is 20.9. The number of carbonyl (C=O) groups excluding carboxylic acids is 1. The Labute approximate surface area is 195 Å². The van der Waals surface area contributed by atoms with Crippen LogP contribution in [-0.2, 0) is 19.6 Å². The summed E-state index contributed by atoms with van der Waals surface area (Å²) in [5.74, 6) is 0.927. The summed E-state index contributed by atoms with van der Waals surface area (Å²) >= 11 is 3.64. The van der Waals surface area contributed by atoms with E-state index in [0.29, 0.717) is 18.2 Å². The molecular weight excluding hydrogens is 466 g/mol. The summed E-state index contributed by atoms with van der Waals surface area (Å²) in [6, 6.07) is 20.4. The second kappa shape index (κ2) is 9.27. The third-order valence-electron chi connectivity index (χ3n) is 5.64. The Kier molecular flexibility index (Phi) is 6.06. The van der Waals surface area contributed by atoms with Crippen molar-refractivity contribution in [2.45, 2.75) is 38.5 Å². The number of aromatic nitrogens is 1. The lowest BCUT2D eigenvalue weighted by molar-refractivity contribution is 0.0951. The highest BCUT2D eigenvalue weighted by Gasteiger charge is 2.23. The summed E-state index contributed by atoms with van der Waals surface area (Å²) < 4.78 is 6.66. The minimum absolute atomic E-state index is 0.0122. The summed E-state index contributed by atoms with van der Waals surface area (Å²) in [7, 11) is 0. The number of halogens is 1. The molecule has 4 aromatic rings. The molecule has 2 heterocycles. The largest absolute Gasteiger partial charge is 0.468 e. The van der Waals surface area contributed by atoms with E-state index in [1.165, 1.54) is 0 Å². The molecule has 1 aliphatic rings. The summed E-state index contributed by atoms with van der Waals surface area (Å²) in [6.07, 6.45) is 5.72. The van der Waals surface area contributed by atoms with E-state index in [2.05, 4.69) is 49.3 Å². The van der Waals surface area contributed by atoms with Crippen LogP contribution in [-0.4, -0.2) is 21.8 Å². The smallest absolute Gasteiger partial charge is 0.251 e. The molecule has 0 radical (unpaired) electrons. The molecule has 0 saturated heterocycles. The van der Waals surface area contributed by atoms with Crippen LogP contribution in [0.15, 0.2) is 82.0 Å². The van der Waals surface area contributed by atoms with Crippen molar-refractivity contribution < 1.29 is 9.21 Å². The lowest BCUT2D eigenvalue weighted by Crippen LogP contribution is -2.25. The van der Waals surface area contributed by atoms with Crippen molar-refractivity contribution in [2.24, 2.45) is 0 Å². The van der Waals surface area contributed by atoms with Gasteiger partial charge in [-0.1, -0.05) is 34.1 Å². The maximum atomic E-state index is 12.3. The minimum atomic E-state index is 0.0122. The molecule has 0 atom stereocenters. The van der Waals surface area contributed by atoms with Crippen LogP contribution in [0.4, 0.5) is 0 Å². The van der Waals surface area contributed by atoms with Gasteiger partial charge in [-0.05, 0) is 66.4 Å². The fraction of sp³-hybridized carbons (Fsp3) is 0.231. The van der Waals surface area contributed by atoms with E-state index in [0.717, 1.165) is 58.2 Å². The third kappa shape index (κ3) is 5.09. The Morgan fingerprint density at radius 2 is 1.91 bits per heavy atom. The first-order valence-electron chi connectivity index (χ1n) is 10.8. The minimum Gasteiger partial charge on any atom is -0.468 e. The monoisotopic (exact) mass is 489 g/mol. The van der Waals surface area contributed by atoms with Crippen molar-refractivity contribution >= 4 is 32.7 Å². The molecule has 5 rings (SSSR count). The number of rotatable bonds is 8. The van der Waals surface area contributed by atoms with Crippen molar-refractivity contribution in [3.8, 4) is 0 Å². The average Bonchev–Trinajstić information content (AvgIpc) is 3.46. The molecular formula is C26H24BrN3O2. The fourth-order valence-electron chi connectivity index (χ4n) is 3.90. The van der Waals surface area contributed by atoms with Gasteiger partial charge >= 0.3 is 0 Å². The Morgan fingerprint density at radius 3 is 2.66 bits per heavy atom. The molecule has 0 spiro atoms. The summed E-state index contributed by atoms with van der Waals surface area (Å²) in [5, 5.41) is 4.15. The van der Waals surface area contributed by atoms with Crippen molar-refractivity contribution in [3.05, 3.63) is 100 Å². The van der Waals surface area contributed by atoms with Gasteiger partial charge in [0.25, 0.3) is 5.91 Å². The Morgan fingerprint density at radius 1 is 1.06 bits per heavy atom. The van der Waals surface area contributed by atoms with Crippen molar-refractivity contribution in [3.63, 3.8) is 0 Å². The lowest BCUT2D eigenvalue weighted by Gasteiger charge is -2.22. The van der Waals surface area contributed by atoms with Gasteiger partial charge in [0.05, 0.1) is 18.3 Å². The van der Waals surface area contributed by atoms with E-state index in [9.17, 15) is 4.79 Å².